The van der Waals surface area contributed by atoms with Crippen LogP contribution in [0.1, 0.15) is 67.5 Å². The Labute approximate surface area is 160 Å². The summed E-state index contributed by atoms with van der Waals surface area (Å²) >= 11 is 0. The number of aromatic nitrogens is 3. The summed E-state index contributed by atoms with van der Waals surface area (Å²) in [4.78, 5) is 17.3. The van der Waals surface area contributed by atoms with Gasteiger partial charge in [-0.1, -0.05) is 13.0 Å². The maximum Gasteiger partial charge on any atom is 0.270 e. The molecule has 3 rings (SSSR count). The van der Waals surface area contributed by atoms with Crippen LogP contribution in [0, 0.1) is 0 Å². The summed E-state index contributed by atoms with van der Waals surface area (Å²) in [6.45, 7) is 9.64. The van der Waals surface area contributed by atoms with Crippen molar-refractivity contribution in [1.82, 2.24) is 20.1 Å². The average molecular weight is 372 g/mol. The Balaban J connectivity index is 1.80. The van der Waals surface area contributed by atoms with Crippen molar-refractivity contribution in [1.29, 1.82) is 0 Å². The molecule has 27 heavy (non-hydrogen) atoms. The van der Waals surface area contributed by atoms with Crippen LogP contribution in [-0.2, 0) is 24.2 Å². The highest BCUT2D eigenvalue weighted by Crippen LogP contribution is 2.31. The molecule has 1 N–H and O–H groups in total. The van der Waals surface area contributed by atoms with E-state index >= 15 is 0 Å². The van der Waals surface area contributed by atoms with E-state index in [4.69, 9.17) is 9.47 Å². The Morgan fingerprint density at radius 2 is 2.22 bits per heavy atom. The lowest BCUT2D eigenvalue weighted by Gasteiger charge is -2.24. The number of rotatable bonds is 7. The Morgan fingerprint density at radius 3 is 2.96 bits per heavy atom. The molecule has 0 spiro atoms. The predicted molar refractivity (Wildman–Crippen MR) is 102 cm³/mol. The van der Waals surface area contributed by atoms with Gasteiger partial charge < -0.3 is 14.8 Å². The fraction of sp³-hybridized carbons (Fsp3) is 0.550. The Hall–Kier alpha value is -2.41. The summed E-state index contributed by atoms with van der Waals surface area (Å²) in [5, 5.41) is 7.62. The van der Waals surface area contributed by atoms with Gasteiger partial charge in [0.1, 0.15) is 5.69 Å². The van der Waals surface area contributed by atoms with E-state index < -0.39 is 0 Å². The SMILES string of the molecule is CCCOc1ncccc1CNC(=O)c1c2c(nn1CC)[C@H](C)O[C@H](C)C2. The first-order valence-corrected chi connectivity index (χ1v) is 9.65. The van der Waals surface area contributed by atoms with Gasteiger partial charge in [0.05, 0.1) is 24.5 Å². The molecule has 2 aromatic heterocycles. The molecular weight excluding hydrogens is 344 g/mol. The number of aryl methyl sites for hydroxylation is 1. The third-order valence-corrected chi connectivity index (χ3v) is 4.64. The predicted octanol–water partition coefficient (Wildman–Crippen LogP) is 3.04. The molecule has 7 nitrogen and oxygen atoms in total. The molecule has 0 saturated carbocycles. The zero-order chi connectivity index (χ0) is 19.4. The molecule has 7 heteroatoms. The second-order valence-electron chi connectivity index (χ2n) is 6.82. The number of pyridine rings is 1. The summed E-state index contributed by atoms with van der Waals surface area (Å²) in [6.07, 6.45) is 3.26. The third-order valence-electron chi connectivity index (χ3n) is 4.64. The Morgan fingerprint density at radius 1 is 1.41 bits per heavy atom. The van der Waals surface area contributed by atoms with Crippen LogP contribution in [-0.4, -0.2) is 33.4 Å². The number of hydrogen-bond donors (Lipinski definition) is 1. The van der Waals surface area contributed by atoms with E-state index in [1.165, 1.54) is 0 Å². The van der Waals surface area contributed by atoms with E-state index in [0.717, 1.165) is 23.2 Å². The second kappa shape index (κ2) is 8.52. The average Bonchev–Trinajstić information content (AvgIpc) is 3.04. The molecule has 2 atom stereocenters. The molecule has 0 bridgehead atoms. The van der Waals surface area contributed by atoms with Crippen LogP contribution in [0.3, 0.4) is 0 Å². The molecule has 0 aromatic carbocycles. The molecular formula is C20H28N4O3. The van der Waals surface area contributed by atoms with Crippen LogP contribution in [0.25, 0.3) is 0 Å². The zero-order valence-electron chi connectivity index (χ0n) is 16.5. The van der Waals surface area contributed by atoms with Crippen molar-refractivity contribution in [2.24, 2.45) is 0 Å². The van der Waals surface area contributed by atoms with Gasteiger partial charge in [-0.25, -0.2) is 4.98 Å². The van der Waals surface area contributed by atoms with Crippen molar-refractivity contribution < 1.29 is 14.3 Å². The van der Waals surface area contributed by atoms with Crippen LogP contribution >= 0.6 is 0 Å². The molecule has 0 aliphatic carbocycles. The number of fused-ring (bicyclic) bond motifs is 1. The van der Waals surface area contributed by atoms with Gasteiger partial charge in [-0.3, -0.25) is 9.48 Å². The molecule has 0 unspecified atom stereocenters. The number of carbonyl (C=O) groups excluding carboxylic acids is 1. The van der Waals surface area contributed by atoms with Crippen LogP contribution in [0.15, 0.2) is 18.3 Å². The van der Waals surface area contributed by atoms with Gasteiger partial charge in [0.2, 0.25) is 5.88 Å². The monoisotopic (exact) mass is 372 g/mol. The fourth-order valence-corrected chi connectivity index (χ4v) is 3.42. The minimum absolute atomic E-state index is 0.0703. The van der Waals surface area contributed by atoms with Crippen molar-refractivity contribution in [2.75, 3.05) is 6.61 Å². The zero-order valence-corrected chi connectivity index (χ0v) is 16.5. The molecule has 3 heterocycles. The maximum atomic E-state index is 13.0. The first-order chi connectivity index (χ1) is 13.0. The Bertz CT molecular complexity index is 803. The Kier molecular flexibility index (Phi) is 6.11. The first-order valence-electron chi connectivity index (χ1n) is 9.65. The van der Waals surface area contributed by atoms with E-state index in [-0.39, 0.29) is 18.1 Å². The van der Waals surface area contributed by atoms with Crippen molar-refractivity contribution in [3.05, 3.63) is 40.8 Å². The van der Waals surface area contributed by atoms with Gasteiger partial charge in [-0.2, -0.15) is 5.10 Å². The fourth-order valence-electron chi connectivity index (χ4n) is 3.42. The van der Waals surface area contributed by atoms with Gasteiger partial charge in [0.15, 0.2) is 0 Å². The lowest BCUT2D eigenvalue weighted by molar-refractivity contribution is -0.00712. The number of amides is 1. The maximum absolute atomic E-state index is 13.0. The van der Waals surface area contributed by atoms with Crippen LogP contribution in [0.2, 0.25) is 0 Å². The molecule has 0 fully saturated rings. The number of hydrogen-bond acceptors (Lipinski definition) is 5. The summed E-state index contributed by atoms with van der Waals surface area (Å²) in [5.41, 5.74) is 3.36. The van der Waals surface area contributed by atoms with E-state index in [1.807, 2.05) is 39.8 Å². The van der Waals surface area contributed by atoms with Gasteiger partial charge in [0.25, 0.3) is 5.91 Å². The summed E-state index contributed by atoms with van der Waals surface area (Å²) in [7, 11) is 0. The standard InChI is InChI=1S/C20H28N4O3/c1-5-10-26-20-15(8-7-9-21-20)12-22-19(25)18-16-11-13(3)27-14(4)17(16)23-24(18)6-2/h7-9,13-14H,5-6,10-12H2,1-4H3,(H,22,25)/t13-,14+/m1/s1. The second-order valence-corrected chi connectivity index (χ2v) is 6.82. The van der Waals surface area contributed by atoms with Crippen molar-refractivity contribution in [3.63, 3.8) is 0 Å². The van der Waals surface area contributed by atoms with Crippen molar-refractivity contribution in [2.45, 2.75) is 65.8 Å². The normalized spacial score (nSPS) is 18.8. The van der Waals surface area contributed by atoms with Crippen LogP contribution in [0.5, 0.6) is 5.88 Å². The highest BCUT2D eigenvalue weighted by molar-refractivity contribution is 5.94. The highest BCUT2D eigenvalue weighted by atomic mass is 16.5. The van der Waals surface area contributed by atoms with E-state index in [0.29, 0.717) is 37.7 Å². The smallest absolute Gasteiger partial charge is 0.270 e. The van der Waals surface area contributed by atoms with Crippen LogP contribution < -0.4 is 10.1 Å². The molecule has 1 amide bonds. The third kappa shape index (κ3) is 4.13. The molecule has 146 valence electrons. The lowest BCUT2D eigenvalue weighted by Crippen LogP contribution is -2.29. The van der Waals surface area contributed by atoms with Crippen LogP contribution in [0.4, 0.5) is 0 Å². The minimum atomic E-state index is -0.128. The van der Waals surface area contributed by atoms with Crippen molar-refractivity contribution in [3.8, 4) is 5.88 Å². The molecule has 1 aliphatic rings. The molecule has 0 radical (unpaired) electrons. The number of nitrogens with one attached hydrogen (secondary N) is 1. The van der Waals surface area contributed by atoms with Gasteiger partial charge in [-0.15, -0.1) is 0 Å². The van der Waals surface area contributed by atoms with Gasteiger partial charge in [-0.05, 0) is 33.3 Å². The quantitative estimate of drug-likeness (QED) is 0.808. The largest absolute Gasteiger partial charge is 0.477 e. The summed E-state index contributed by atoms with van der Waals surface area (Å²) in [5.74, 6) is 0.443. The summed E-state index contributed by atoms with van der Waals surface area (Å²) < 4.78 is 13.3. The minimum Gasteiger partial charge on any atom is -0.477 e. The first kappa shape index (κ1) is 19.4. The van der Waals surface area contributed by atoms with E-state index in [2.05, 4.69) is 15.4 Å². The van der Waals surface area contributed by atoms with Gasteiger partial charge >= 0.3 is 0 Å². The number of ether oxygens (including phenoxy) is 2. The lowest BCUT2D eigenvalue weighted by atomic mass is 9.99. The molecule has 2 aromatic rings. The molecule has 1 aliphatic heterocycles. The number of carbonyl (C=O) groups is 1. The van der Waals surface area contributed by atoms with E-state index in [1.54, 1.807) is 10.9 Å². The van der Waals surface area contributed by atoms with E-state index in [9.17, 15) is 4.79 Å². The number of nitrogens with zero attached hydrogens (tertiary/aromatic N) is 3. The van der Waals surface area contributed by atoms with Crippen molar-refractivity contribution >= 4 is 5.91 Å². The highest BCUT2D eigenvalue weighted by Gasteiger charge is 2.31. The van der Waals surface area contributed by atoms with Gasteiger partial charge in [0, 0.05) is 36.8 Å². The summed E-state index contributed by atoms with van der Waals surface area (Å²) in [6, 6.07) is 3.77. The molecule has 0 saturated heterocycles. The topological polar surface area (TPSA) is 78.3 Å².